The Kier molecular flexibility index (Phi) is 4.01. The highest BCUT2D eigenvalue weighted by Crippen LogP contribution is 2.37. The van der Waals surface area contributed by atoms with E-state index < -0.39 is 18.3 Å². The second-order valence-electron chi connectivity index (χ2n) is 7.52. The summed E-state index contributed by atoms with van der Waals surface area (Å²) in [5.74, 6) is 0.258. The summed E-state index contributed by atoms with van der Waals surface area (Å²) in [6.45, 7) is 10.2. The van der Waals surface area contributed by atoms with Gasteiger partial charge in [-0.1, -0.05) is 37.3 Å². The van der Waals surface area contributed by atoms with Gasteiger partial charge in [-0.15, -0.1) is 0 Å². The van der Waals surface area contributed by atoms with Gasteiger partial charge in [0.05, 0.1) is 11.2 Å². The molecule has 1 saturated heterocycles. The standard InChI is InChI=1S/C19H24BFO2/c1-13-9-11-14(12-10-13)17-15(7-6-8-16(17)21)20-22-18(2,3)19(4,5)23-20/h6-9,11-13H,10H2,1-5H3. The maximum absolute atomic E-state index is 14.6. The fourth-order valence-electron chi connectivity index (χ4n) is 2.92. The zero-order valence-corrected chi connectivity index (χ0v) is 14.5. The van der Waals surface area contributed by atoms with Crippen LogP contribution in [0.1, 0.15) is 46.6 Å². The molecule has 1 aliphatic carbocycles. The third kappa shape index (κ3) is 2.90. The van der Waals surface area contributed by atoms with Crippen LogP contribution in [0.5, 0.6) is 0 Å². The summed E-state index contributed by atoms with van der Waals surface area (Å²) in [5.41, 5.74) is 1.38. The average Bonchev–Trinajstić information content (AvgIpc) is 2.68. The van der Waals surface area contributed by atoms with Crippen molar-refractivity contribution < 1.29 is 13.7 Å². The summed E-state index contributed by atoms with van der Waals surface area (Å²) in [7, 11) is -0.556. The molecule has 4 heteroatoms. The van der Waals surface area contributed by atoms with E-state index in [4.69, 9.17) is 9.31 Å². The zero-order chi connectivity index (χ0) is 16.8. The molecule has 3 rings (SSSR count). The lowest BCUT2D eigenvalue weighted by Crippen LogP contribution is -2.41. The first kappa shape index (κ1) is 16.5. The molecule has 0 amide bonds. The van der Waals surface area contributed by atoms with E-state index in [2.05, 4.69) is 19.1 Å². The summed E-state index contributed by atoms with van der Waals surface area (Å²) in [4.78, 5) is 0. The van der Waals surface area contributed by atoms with Crippen molar-refractivity contribution in [3.8, 4) is 0 Å². The summed E-state index contributed by atoms with van der Waals surface area (Å²) >= 11 is 0. The average molecular weight is 314 g/mol. The minimum atomic E-state index is -0.556. The largest absolute Gasteiger partial charge is 0.495 e. The Hall–Kier alpha value is -1.39. The van der Waals surface area contributed by atoms with Gasteiger partial charge < -0.3 is 9.31 Å². The van der Waals surface area contributed by atoms with Crippen LogP contribution in [0.15, 0.2) is 36.4 Å². The van der Waals surface area contributed by atoms with Crippen molar-refractivity contribution in [2.75, 3.05) is 0 Å². The number of hydrogen-bond acceptors (Lipinski definition) is 2. The first-order valence-corrected chi connectivity index (χ1v) is 8.24. The molecule has 23 heavy (non-hydrogen) atoms. The monoisotopic (exact) mass is 314 g/mol. The van der Waals surface area contributed by atoms with E-state index in [9.17, 15) is 4.39 Å². The summed E-state index contributed by atoms with van der Waals surface area (Å²) < 4.78 is 26.8. The van der Waals surface area contributed by atoms with Crippen LogP contribution in [0, 0.1) is 11.7 Å². The molecule has 1 unspecified atom stereocenters. The minimum absolute atomic E-state index is 0.234. The van der Waals surface area contributed by atoms with Gasteiger partial charge in [0, 0.05) is 5.56 Å². The molecule has 1 heterocycles. The molecular weight excluding hydrogens is 290 g/mol. The predicted octanol–water partition coefficient (Wildman–Crippen LogP) is 4.10. The molecule has 0 saturated carbocycles. The van der Waals surface area contributed by atoms with E-state index >= 15 is 0 Å². The van der Waals surface area contributed by atoms with E-state index in [1.807, 2.05) is 39.8 Å². The Morgan fingerprint density at radius 1 is 1.13 bits per heavy atom. The number of halogens is 1. The molecule has 0 aromatic heterocycles. The van der Waals surface area contributed by atoms with Crippen LogP contribution in [0.25, 0.3) is 5.57 Å². The van der Waals surface area contributed by atoms with E-state index in [0.29, 0.717) is 11.5 Å². The Morgan fingerprint density at radius 2 is 1.78 bits per heavy atom. The van der Waals surface area contributed by atoms with Crippen molar-refractivity contribution >= 4 is 18.2 Å². The molecule has 1 aromatic rings. The number of benzene rings is 1. The molecule has 1 aromatic carbocycles. The van der Waals surface area contributed by atoms with Crippen molar-refractivity contribution in [2.24, 2.45) is 5.92 Å². The molecule has 0 radical (unpaired) electrons. The van der Waals surface area contributed by atoms with Gasteiger partial charge in [-0.2, -0.15) is 0 Å². The van der Waals surface area contributed by atoms with Gasteiger partial charge in [0.15, 0.2) is 0 Å². The van der Waals surface area contributed by atoms with Crippen molar-refractivity contribution in [3.05, 3.63) is 47.8 Å². The SMILES string of the molecule is CC1C=CC(c2c(F)cccc2B2OC(C)(C)C(C)(C)O2)=CC1. The van der Waals surface area contributed by atoms with Crippen LogP contribution in [0.4, 0.5) is 4.39 Å². The summed E-state index contributed by atoms with van der Waals surface area (Å²) in [5, 5.41) is 0. The summed E-state index contributed by atoms with van der Waals surface area (Å²) in [6.07, 6.45) is 7.14. The zero-order valence-electron chi connectivity index (χ0n) is 14.5. The molecule has 1 atom stereocenters. The molecule has 0 N–H and O–H groups in total. The lowest BCUT2D eigenvalue weighted by Gasteiger charge is -2.32. The van der Waals surface area contributed by atoms with Crippen LogP contribution >= 0.6 is 0 Å². The van der Waals surface area contributed by atoms with Crippen molar-refractivity contribution in [2.45, 2.75) is 52.2 Å². The normalized spacial score (nSPS) is 25.6. The van der Waals surface area contributed by atoms with Crippen LogP contribution in [0.2, 0.25) is 0 Å². The van der Waals surface area contributed by atoms with Gasteiger partial charge in [-0.05, 0) is 57.1 Å². The number of hydrogen-bond donors (Lipinski definition) is 0. The number of rotatable bonds is 2. The highest BCUT2D eigenvalue weighted by Gasteiger charge is 2.52. The molecule has 0 spiro atoms. The fourth-order valence-corrected chi connectivity index (χ4v) is 2.92. The molecule has 122 valence electrons. The maximum atomic E-state index is 14.6. The Morgan fingerprint density at radius 3 is 2.35 bits per heavy atom. The van der Waals surface area contributed by atoms with Gasteiger partial charge in [-0.25, -0.2) is 4.39 Å². The highest BCUT2D eigenvalue weighted by atomic mass is 19.1. The molecule has 0 bridgehead atoms. The lowest BCUT2D eigenvalue weighted by atomic mass is 9.73. The van der Waals surface area contributed by atoms with E-state index in [-0.39, 0.29) is 5.82 Å². The van der Waals surface area contributed by atoms with Crippen molar-refractivity contribution in [1.82, 2.24) is 0 Å². The van der Waals surface area contributed by atoms with Crippen LogP contribution < -0.4 is 5.46 Å². The van der Waals surface area contributed by atoms with Gasteiger partial charge in [0.25, 0.3) is 0 Å². The van der Waals surface area contributed by atoms with E-state index in [1.54, 1.807) is 6.07 Å². The molecular formula is C19H24BFO2. The fraction of sp³-hybridized carbons (Fsp3) is 0.474. The van der Waals surface area contributed by atoms with E-state index in [1.165, 1.54) is 6.07 Å². The molecule has 1 fully saturated rings. The van der Waals surface area contributed by atoms with Gasteiger partial charge >= 0.3 is 7.12 Å². The van der Waals surface area contributed by atoms with E-state index in [0.717, 1.165) is 17.5 Å². The smallest absolute Gasteiger partial charge is 0.399 e. The number of allylic oxidation sites excluding steroid dienone is 4. The Bertz CT molecular complexity index is 660. The van der Waals surface area contributed by atoms with Crippen molar-refractivity contribution in [3.63, 3.8) is 0 Å². The highest BCUT2D eigenvalue weighted by molar-refractivity contribution is 6.63. The molecule has 2 nitrogen and oxygen atoms in total. The first-order chi connectivity index (χ1) is 10.7. The van der Waals surface area contributed by atoms with Gasteiger partial charge in [-0.3, -0.25) is 0 Å². The third-order valence-electron chi connectivity index (χ3n) is 5.16. The minimum Gasteiger partial charge on any atom is -0.399 e. The van der Waals surface area contributed by atoms with Crippen molar-refractivity contribution in [1.29, 1.82) is 0 Å². The van der Waals surface area contributed by atoms with Gasteiger partial charge in [0.1, 0.15) is 5.82 Å². The quantitative estimate of drug-likeness (QED) is 0.765. The van der Waals surface area contributed by atoms with Crippen LogP contribution in [-0.4, -0.2) is 18.3 Å². The third-order valence-corrected chi connectivity index (χ3v) is 5.16. The van der Waals surface area contributed by atoms with Crippen LogP contribution in [-0.2, 0) is 9.31 Å². The topological polar surface area (TPSA) is 18.5 Å². The second-order valence-corrected chi connectivity index (χ2v) is 7.52. The summed E-state index contributed by atoms with van der Waals surface area (Å²) in [6, 6.07) is 5.11. The lowest BCUT2D eigenvalue weighted by molar-refractivity contribution is 0.00578. The van der Waals surface area contributed by atoms with Crippen LogP contribution in [0.3, 0.4) is 0 Å². The molecule has 1 aliphatic heterocycles. The first-order valence-electron chi connectivity index (χ1n) is 8.24. The second kappa shape index (κ2) is 5.61. The van der Waals surface area contributed by atoms with Gasteiger partial charge in [0.2, 0.25) is 0 Å². The maximum Gasteiger partial charge on any atom is 0.495 e. The Balaban J connectivity index is 2.02. The predicted molar refractivity (Wildman–Crippen MR) is 93.0 cm³/mol. The Labute approximate surface area is 138 Å². The molecule has 2 aliphatic rings.